The van der Waals surface area contributed by atoms with Crippen LogP contribution in [0.15, 0.2) is 18.2 Å². The molecule has 20 heavy (non-hydrogen) atoms. The van der Waals surface area contributed by atoms with Gasteiger partial charge in [0.25, 0.3) is 0 Å². The minimum absolute atomic E-state index is 0.186. The van der Waals surface area contributed by atoms with Gasteiger partial charge in [-0.3, -0.25) is 0 Å². The van der Waals surface area contributed by atoms with Crippen LogP contribution in [-0.4, -0.2) is 38.0 Å². The van der Waals surface area contributed by atoms with Crippen LogP contribution in [0.5, 0.6) is 11.5 Å². The molecule has 0 aliphatic heterocycles. The van der Waals surface area contributed by atoms with Gasteiger partial charge in [-0.2, -0.15) is 0 Å². The van der Waals surface area contributed by atoms with E-state index in [-0.39, 0.29) is 12.1 Å². The second kappa shape index (κ2) is 7.50. The molecule has 0 radical (unpaired) electrons. The van der Waals surface area contributed by atoms with Crippen LogP contribution in [0.4, 0.5) is 0 Å². The van der Waals surface area contributed by atoms with Gasteiger partial charge in [0.15, 0.2) is 11.5 Å². The highest BCUT2D eigenvalue weighted by Crippen LogP contribution is 2.27. The molecule has 0 aromatic heterocycles. The molecule has 1 fully saturated rings. The molecule has 112 valence electrons. The molecule has 0 unspecified atom stereocenters. The fraction of sp³-hybridized carbons (Fsp3) is 0.625. The third-order valence-electron chi connectivity index (χ3n) is 4.00. The number of benzene rings is 1. The molecular formula is C16H25NO3. The van der Waals surface area contributed by atoms with E-state index >= 15 is 0 Å². The summed E-state index contributed by atoms with van der Waals surface area (Å²) in [4.78, 5) is 0. The lowest BCUT2D eigenvalue weighted by molar-refractivity contribution is 0.0914. The molecule has 1 aromatic rings. The standard InChI is InChI=1S/C16H25NO3/c1-19-15-8-7-12(11-16(15)20-2)9-10-17-13-5-3-4-6-14(13)18/h7-8,11,13-14,17-18H,3-6,9-10H2,1-2H3/t13-,14+/m0/s1. The number of ether oxygens (including phenoxy) is 2. The summed E-state index contributed by atoms with van der Waals surface area (Å²) in [5.74, 6) is 1.52. The average Bonchev–Trinajstić information content (AvgIpc) is 2.49. The first kappa shape index (κ1) is 15.1. The Morgan fingerprint density at radius 2 is 1.90 bits per heavy atom. The zero-order chi connectivity index (χ0) is 14.4. The van der Waals surface area contributed by atoms with Crippen molar-refractivity contribution in [3.05, 3.63) is 23.8 Å². The quantitative estimate of drug-likeness (QED) is 0.837. The first-order valence-corrected chi connectivity index (χ1v) is 7.37. The van der Waals surface area contributed by atoms with Gasteiger partial charge in [0.1, 0.15) is 0 Å². The van der Waals surface area contributed by atoms with E-state index in [1.807, 2.05) is 12.1 Å². The van der Waals surface area contributed by atoms with E-state index in [0.29, 0.717) is 0 Å². The molecule has 0 bridgehead atoms. The molecule has 2 atom stereocenters. The Morgan fingerprint density at radius 3 is 2.60 bits per heavy atom. The Hall–Kier alpha value is -1.26. The lowest BCUT2D eigenvalue weighted by Crippen LogP contribution is -2.42. The maximum atomic E-state index is 9.92. The minimum Gasteiger partial charge on any atom is -0.493 e. The summed E-state index contributed by atoms with van der Waals surface area (Å²) in [6.07, 6.45) is 5.10. The Morgan fingerprint density at radius 1 is 1.15 bits per heavy atom. The topological polar surface area (TPSA) is 50.7 Å². The smallest absolute Gasteiger partial charge is 0.160 e. The molecule has 1 aliphatic carbocycles. The van der Waals surface area contributed by atoms with Gasteiger partial charge >= 0.3 is 0 Å². The van der Waals surface area contributed by atoms with Crippen molar-refractivity contribution in [1.82, 2.24) is 5.32 Å². The molecule has 0 heterocycles. The second-order valence-electron chi connectivity index (χ2n) is 5.35. The van der Waals surface area contributed by atoms with Crippen molar-refractivity contribution < 1.29 is 14.6 Å². The first-order valence-electron chi connectivity index (χ1n) is 7.37. The van der Waals surface area contributed by atoms with Gasteiger partial charge in [-0.15, -0.1) is 0 Å². The summed E-state index contributed by atoms with van der Waals surface area (Å²) in [7, 11) is 3.29. The van der Waals surface area contributed by atoms with E-state index in [9.17, 15) is 5.11 Å². The van der Waals surface area contributed by atoms with Gasteiger partial charge in [-0.1, -0.05) is 18.9 Å². The van der Waals surface area contributed by atoms with Crippen molar-refractivity contribution in [2.24, 2.45) is 0 Å². The van der Waals surface area contributed by atoms with Crippen molar-refractivity contribution in [2.45, 2.75) is 44.2 Å². The molecule has 1 saturated carbocycles. The molecule has 0 saturated heterocycles. The number of rotatable bonds is 6. The van der Waals surface area contributed by atoms with Crippen LogP contribution < -0.4 is 14.8 Å². The Balaban J connectivity index is 1.84. The normalized spacial score (nSPS) is 22.6. The molecular weight excluding hydrogens is 254 g/mol. The van der Waals surface area contributed by atoms with E-state index in [4.69, 9.17) is 9.47 Å². The van der Waals surface area contributed by atoms with Gasteiger partial charge in [-0.25, -0.2) is 0 Å². The maximum absolute atomic E-state index is 9.92. The molecule has 4 nitrogen and oxygen atoms in total. The number of nitrogens with one attached hydrogen (secondary N) is 1. The summed E-state index contributed by atoms with van der Waals surface area (Å²) in [5, 5.41) is 13.4. The first-order chi connectivity index (χ1) is 9.74. The van der Waals surface area contributed by atoms with Gasteiger partial charge in [0.2, 0.25) is 0 Å². The molecule has 0 spiro atoms. The van der Waals surface area contributed by atoms with E-state index in [0.717, 1.165) is 43.7 Å². The number of aliphatic hydroxyl groups excluding tert-OH is 1. The number of aliphatic hydroxyl groups is 1. The lowest BCUT2D eigenvalue weighted by Gasteiger charge is -2.28. The Kier molecular flexibility index (Phi) is 5.68. The van der Waals surface area contributed by atoms with Crippen molar-refractivity contribution in [2.75, 3.05) is 20.8 Å². The van der Waals surface area contributed by atoms with Crippen LogP contribution in [0.25, 0.3) is 0 Å². The van der Waals surface area contributed by atoms with Crippen molar-refractivity contribution >= 4 is 0 Å². The monoisotopic (exact) mass is 279 g/mol. The Bertz CT molecular complexity index is 422. The largest absolute Gasteiger partial charge is 0.493 e. The van der Waals surface area contributed by atoms with Gasteiger partial charge in [0, 0.05) is 6.04 Å². The fourth-order valence-corrected chi connectivity index (χ4v) is 2.79. The van der Waals surface area contributed by atoms with Crippen LogP contribution in [0.1, 0.15) is 31.2 Å². The third kappa shape index (κ3) is 3.87. The maximum Gasteiger partial charge on any atom is 0.160 e. The van der Waals surface area contributed by atoms with Crippen LogP contribution in [-0.2, 0) is 6.42 Å². The molecule has 0 amide bonds. The summed E-state index contributed by atoms with van der Waals surface area (Å²) in [6, 6.07) is 6.26. The highest BCUT2D eigenvalue weighted by Gasteiger charge is 2.21. The number of hydrogen-bond acceptors (Lipinski definition) is 4. The Labute approximate surface area is 121 Å². The van der Waals surface area contributed by atoms with E-state index in [1.165, 1.54) is 12.0 Å². The highest BCUT2D eigenvalue weighted by molar-refractivity contribution is 5.42. The van der Waals surface area contributed by atoms with Gasteiger partial charge in [-0.05, 0) is 43.5 Å². The predicted octanol–water partition coefficient (Wildman–Crippen LogP) is 2.14. The van der Waals surface area contributed by atoms with Crippen LogP contribution in [0, 0.1) is 0 Å². The zero-order valence-electron chi connectivity index (χ0n) is 12.4. The van der Waals surface area contributed by atoms with Crippen LogP contribution in [0.2, 0.25) is 0 Å². The fourth-order valence-electron chi connectivity index (χ4n) is 2.79. The summed E-state index contributed by atoms with van der Waals surface area (Å²) in [5.41, 5.74) is 1.21. The van der Waals surface area contributed by atoms with Crippen molar-refractivity contribution in [1.29, 1.82) is 0 Å². The van der Waals surface area contributed by atoms with Gasteiger partial charge in [0.05, 0.1) is 20.3 Å². The predicted molar refractivity (Wildman–Crippen MR) is 79.5 cm³/mol. The summed E-state index contributed by atoms with van der Waals surface area (Å²) < 4.78 is 10.5. The van der Waals surface area contributed by atoms with Gasteiger partial charge < -0.3 is 19.9 Å². The van der Waals surface area contributed by atoms with Crippen LogP contribution in [0.3, 0.4) is 0 Å². The minimum atomic E-state index is -0.186. The number of methoxy groups -OCH3 is 2. The third-order valence-corrected chi connectivity index (χ3v) is 4.00. The van der Waals surface area contributed by atoms with Crippen LogP contribution >= 0.6 is 0 Å². The molecule has 2 N–H and O–H groups in total. The molecule has 1 aromatic carbocycles. The van der Waals surface area contributed by atoms with E-state index in [2.05, 4.69) is 11.4 Å². The summed E-state index contributed by atoms with van der Waals surface area (Å²) >= 11 is 0. The van der Waals surface area contributed by atoms with E-state index in [1.54, 1.807) is 14.2 Å². The van der Waals surface area contributed by atoms with Crippen molar-refractivity contribution in [3.8, 4) is 11.5 Å². The number of hydrogen-bond donors (Lipinski definition) is 2. The van der Waals surface area contributed by atoms with E-state index < -0.39 is 0 Å². The average molecular weight is 279 g/mol. The SMILES string of the molecule is COc1ccc(CCN[C@H]2CCCC[C@H]2O)cc1OC. The summed E-state index contributed by atoms with van der Waals surface area (Å²) in [6.45, 7) is 0.872. The molecule has 2 rings (SSSR count). The molecule has 1 aliphatic rings. The second-order valence-corrected chi connectivity index (χ2v) is 5.35. The highest BCUT2D eigenvalue weighted by atomic mass is 16.5. The van der Waals surface area contributed by atoms with Crippen molar-refractivity contribution in [3.63, 3.8) is 0 Å². The zero-order valence-corrected chi connectivity index (χ0v) is 12.4. The molecule has 4 heteroatoms. The lowest BCUT2D eigenvalue weighted by atomic mass is 9.92.